The van der Waals surface area contributed by atoms with Crippen LogP contribution in [0.4, 0.5) is 5.69 Å². The van der Waals surface area contributed by atoms with Gasteiger partial charge in [0.2, 0.25) is 0 Å². The molecule has 0 unspecified atom stereocenters. The molecule has 2 amide bonds. The van der Waals surface area contributed by atoms with Crippen LogP contribution in [0.2, 0.25) is 0 Å². The number of hydrogen-bond acceptors (Lipinski definition) is 5. The second kappa shape index (κ2) is 11.4. The molecule has 0 saturated heterocycles. The van der Waals surface area contributed by atoms with Crippen molar-refractivity contribution >= 4 is 29.3 Å². The molecule has 2 rings (SSSR count). The van der Waals surface area contributed by atoms with E-state index in [1.165, 1.54) is 16.7 Å². The Morgan fingerprint density at radius 1 is 0.926 bits per heavy atom. The minimum Gasteiger partial charge on any atom is -0.383 e. The van der Waals surface area contributed by atoms with Crippen LogP contribution in [-0.2, 0) is 19.1 Å². The number of benzene rings is 2. The summed E-state index contributed by atoms with van der Waals surface area (Å²) in [5.41, 5.74) is 0.600. The van der Waals surface area contributed by atoms with E-state index in [9.17, 15) is 9.59 Å². The Hall–Kier alpha value is -2.35. The zero-order chi connectivity index (χ0) is 19.5. The van der Waals surface area contributed by atoms with E-state index in [2.05, 4.69) is 5.32 Å². The van der Waals surface area contributed by atoms with Gasteiger partial charge in [-0.25, -0.2) is 0 Å². The molecule has 0 saturated carbocycles. The van der Waals surface area contributed by atoms with Crippen LogP contribution in [0.5, 0.6) is 0 Å². The molecular formula is C20H24N2O4S. The van der Waals surface area contributed by atoms with Crippen molar-refractivity contribution < 1.29 is 19.1 Å². The highest BCUT2D eigenvalue weighted by Crippen LogP contribution is 2.33. The molecule has 0 radical (unpaired) electrons. The standard InChI is InChI=1S/C20H24N2O4S/c1-25-14-12-22(13-15-26-2)20(24)19(23)21-17-10-6-7-11-18(17)27-16-8-4-3-5-9-16/h3-11H,12-15H2,1-2H3,(H,21,23). The lowest BCUT2D eigenvalue weighted by Gasteiger charge is -2.21. The predicted molar refractivity (Wildman–Crippen MR) is 106 cm³/mol. The molecule has 0 fully saturated rings. The summed E-state index contributed by atoms with van der Waals surface area (Å²) in [5.74, 6) is -1.29. The van der Waals surface area contributed by atoms with Crippen molar-refractivity contribution in [3.63, 3.8) is 0 Å². The Balaban J connectivity index is 2.08. The van der Waals surface area contributed by atoms with E-state index in [-0.39, 0.29) is 0 Å². The van der Waals surface area contributed by atoms with Crippen LogP contribution in [0.1, 0.15) is 0 Å². The van der Waals surface area contributed by atoms with E-state index in [4.69, 9.17) is 9.47 Å². The lowest BCUT2D eigenvalue weighted by molar-refractivity contribution is -0.144. The summed E-state index contributed by atoms with van der Waals surface area (Å²) >= 11 is 1.52. The molecule has 0 heterocycles. The summed E-state index contributed by atoms with van der Waals surface area (Å²) < 4.78 is 10.0. The van der Waals surface area contributed by atoms with Crippen molar-refractivity contribution in [2.24, 2.45) is 0 Å². The van der Waals surface area contributed by atoms with Gasteiger partial charge in [-0.05, 0) is 24.3 Å². The monoisotopic (exact) mass is 388 g/mol. The van der Waals surface area contributed by atoms with Crippen molar-refractivity contribution in [2.75, 3.05) is 45.8 Å². The van der Waals surface area contributed by atoms with Crippen molar-refractivity contribution in [3.8, 4) is 0 Å². The fourth-order valence-electron chi connectivity index (χ4n) is 2.31. The number of hydrogen-bond donors (Lipinski definition) is 1. The third kappa shape index (κ3) is 6.71. The van der Waals surface area contributed by atoms with E-state index in [0.717, 1.165) is 9.79 Å². The molecule has 0 aliphatic heterocycles. The van der Waals surface area contributed by atoms with Crippen LogP contribution in [-0.4, -0.2) is 57.2 Å². The molecule has 27 heavy (non-hydrogen) atoms. The first-order valence-electron chi connectivity index (χ1n) is 8.55. The van der Waals surface area contributed by atoms with Gasteiger partial charge in [-0.1, -0.05) is 42.1 Å². The maximum atomic E-state index is 12.5. The highest BCUT2D eigenvalue weighted by atomic mass is 32.2. The van der Waals surface area contributed by atoms with Gasteiger partial charge in [0.25, 0.3) is 0 Å². The fourth-order valence-corrected chi connectivity index (χ4v) is 3.23. The molecule has 0 atom stereocenters. The average Bonchev–Trinajstić information content (AvgIpc) is 2.70. The summed E-state index contributed by atoms with van der Waals surface area (Å²) in [6, 6.07) is 17.3. The van der Waals surface area contributed by atoms with E-state index >= 15 is 0 Å². The zero-order valence-corrected chi connectivity index (χ0v) is 16.3. The van der Waals surface area contributed by atoms with Gasteiger partial charge >= 0.3 is 11.8 Å². The summed E-state index contributed by atoms with van der Waals surface area (Å²) in [4.78, 5) is 28.4. The smallest absolute Gasteiger partial charge is 0.313 e. The maximum absolute atomic E-state index is 12.5. The molecule has 0 aliphatic carbocycles. The number of nitrogens with one attached hydrogen (secondary N) is 1. The molecule has 0 bridgehead atoms. The van der Waals surface area contributed by atoms with Gasteiger partial charge in [-0.15, -0.1) is 0 Å². The molecular weight excluding hydrogens is 364 g/mol. The molecule has 2 aromatic rings. The first-order chi connectivity index (χ1) is 13.2. The Bertz CT molecular complexity index is 732. The van der Waals surface area contributed by atoms with Crippen LogP contribution < -0.4 is 5.32 Å². The van der Waals surface area contributed by atoms with Crippen LogP contribution in [0.3, 0.4) is 0 Å². The first kappa shape index (κ1) is 21.0. The lowest BCUT2D eigenvalue weighted by Crippen LogP contribution is -2.43. The largest absolute Gasteiger partial charge is 0.383 e. The van der Waals surface area contributed by atoms with Crippen molar-refractivity contribution in [3.05, 3.63) is 54.6 Å². The van der Waals surface area contributed by atoms with Crippen LogP contribution in [0.15, 0.2) is 64.4 Å². The summed E-state index contributed by atoms with van der Waals surface area (Å²) in [7, 11) is 3.10. The Morgan fingerprint density at radius 3 is 2.15 bits per heavy atom. The number of amides is 2. The Kier molecular flexibility index (Phi) is 8.83. The third-order valence-electron chi connectivity index (χ3n) is 3.72. The Labute approximate surface area is 163 Å². The second-order valence-electron chi connectivity index (χ2n) is 5.64. The summed E-state index contributed by atoms with van der Waals surface area (Å²) in [6.45, 7) is 1.35. The quantitative estimate of drug-likeness (QED) is 0.669. The highest BCUT2D eigenvalue weighted by molar-refractivity contribution is 7.99. The number of nitrogens with zero attached hydrogens (tertiary/aromatic N) is 1. The predicted octanol–water partition coefficient (Wildman–Crippen LogP) is 2.90. The highest BCUT2D eigenvalue weighted by Gasteiger charge is 2.22. The molecule has 0 spiro atoms. The van der Waals surface area contributed by atoms with Gasteiger partial charge in [0.1, 0.15) is 0 Å². The van der Waals surface area contributed by atoms with E-state index in [0.29, 0.717) is 32.0 Å². The third-order valence-corrected chi connectivity index (χ3v) is 4.80. The Morgan fingerprint density at radius 2 is 1.52 bits per heavy atom. The maximum Gasteiger partial charge on any atom is 0.313 e. The average molecular weight is 388 g/mol. The van der Waals surface area contributed by atoms with Gasteiger partial charge in [0.05, 0.1) is 18.9 Å². The zero-order valence-electron chi connectivity index (χ0n) is 15.5. The first-order valence-corrected chi connectivity index (χ1v) is 9.37. The normalized spacial score (nSPS) is 10.4. The molecule has 7 heteroatoms. The minimum absolute atomic E-state index is 0.326. The van der Waals surface area contributed by atoms with E-state index in [1.807, 2.05) is 48.5 Å². The van der Waals surface area contributed by atoms with Crippen molar-refractivity contribution in [1.82, 2.24) is 4.90 Å². The molecule has 2 aromatic carbocycles. The number of carbonyl (C=O) groups is 2. The van der Waals surface area contributed by atoms with Gasteiger partial charge in [0.15, 0.2) is 0 Å². The molecule has 0 aliphatic rings. The van der Waals surface area contributed by atoms with E-state index in [1.54, 1.807) is 20.3 Å². The summed E-state index contributed by atoms with van der Waals surface area (Å²) in [5, 5.41) is 2.73. The van der Waals surface area contributed by atoms with Crippen molar-refractivity contribution in [1.29, 1.82) is 0 Å². The number of methoxy groups -OCH3 is 2. The molecule has 6 nitrogen and oxygen atoms in total. The van der Waals surface area contributed by atoms with Crippen molar-refractivity contribution in [2.45, 2.75) is 9.79 Å². The number of anilines is 1. The number of carbonyl (C=O) groups excluding carboxylic acids is 2. The SMILES string of the molecule is COCCN(CCOC)C(=O)C(=O)Nc1ccccc1Sc1ccccc1. The lowest BCUT2D eigenvalue weighted by atomic mass is 10.3. The molecule has 144 valence electrons. The number of rotatable bonds is 9. The number of ether oxygens (including phenoxy) is 2. The second-order valence-corrected chi connectivity index (χ2v) is 6.76. The summed E-state index contributed by atoms with van der Waals surface area (Å²) in [6.07, 6.45) is 0. The van der Waals surface area contributed by atoms with Crippen LogP contribution in [0, 0.1) is 0 Å². The molecule has 0 aromatic heterocycles. The van der Waals surface area contributed by atoms with Gasteiger partial charge in [-0.3, -0.25) is 9.59 Å². The van der Waals surface area contributed by atoms with Gasteiger partial charge in [-0.2, -0.15) is 0 Å². The molecule has 1 N–H and O–H groups in total. The topological polar surface area (TPSA) is 67.9 Å². The minimum atomic E-state index is -0.677. The van der Waals surface area contributed by atoms with Gasteiger partial charge in [0, 0.05) is 37.1 Å². The van der Waals surface area contributed by atoms with Crippen LogP contribution >= 0.6 is 11.8 Å². The van der Waals surface area contributed by atoms with E-state index < -0.39 is 11.8 Å². The fraction of sp³-hybridized carbons (Fsp3) is 0.300. The number of para-hydroxylation sites is 1. The van der Waals surface area contributed by atoms with Gasteiger partial charge < -0.3 is 19.7 Å². The van der Waals surface area contributed by atoms with Crippen LogP contribution in [0.25, 0.3) is 0 Å².